The third kappa shape index (κ3) is 7.02. The van der Waals surface area contributed by atoms with Crippen molar-refractivity contribution in [3.63, 3.8) is 0 Å². The van der Waals surface area contributed by atoms with Gasteiger partial charge in [0.15, 0.2) is 17.5 Å². The molecular weight excluding hydrogens is 609 g/mol. The summed E-state index contributed by atoms with van der Waals surface area (Å²) in [6, 6.07) is 46.7. The number of hydrogen-bond acceptors (Lipinski definition) is 4. The average molecular weight is 651 g/mol. The van der Waals surface area contributed by atoms with Gasteiger partial charge in [-0.15, -0.1) is 0 Å². The lowest BCUT2D eigenvalue weighted by Crippen LogP contribution is -2.16. The van der Waals surface area contributed by atoms with E-state index in [0.29, 0.717) is 17.5 Å². The topological polar surface area (TPSA) is 51.6 Å². The number of nitrogens with zero attached hydrogens (tertiary/aromatic N) is 4. The maximum atomic E-state index is 5.12. The minimum atomic E-state index is 0.0415. The summed E-state index contributed by atoms with van der Waals surface area (Å²) in [5, 5.41) is 0. The summed E-state index contributed by atoms with van der Waals surface area (Å²) in [6.45, 7) is 13.7. The predicted octanol–water partition coefficient (Wildman–Crippen LogP) is 11.9. The van der Waals surface area contributed by atoms with Gasteiger partial charge in [-0.2, -0.15) is 0 Å². The van der Waals surface area contributed by atoms with Gasteiger partial charge in [0.25, 0.3) is 0 Å². The second-order valence-corrected chi connectivity index (χ2v) is 14.9. The monoisotopic (exact) mass is 650 g/mol. The number of benzene rings is 5. The van der Waals surface area contributed by atoms with E-state index < -0.39 is 0 Å². The molecule has 0 fully saturated rings. The molecule has 0 N–H and O–H groups in total. The Hall–Kier alpha value is -5.74. The van der Waals surface area contributed by atoms with E-state index in [2.05, 4.69) is 162 Å². The van der Waals surface area contributed by atoms with Crippen LogP contribution in [-0.4, -0.2) is 19.9 Å². The Morgan fingerprint density at radius 3 is 1.34 bits per heavy atom. The second kappa shape index (κ2) is 13.3. The first kappa shape index (κ1) is 32.8. The van der Waals surface area contributed by atoms with Crippen molar-refractivity contribution in [1.82, 2.24) is 19.9 Å². The lowest BCUT2D eigenvalue weighted by atomic mass is 9.79. The maximum Gasteiger partial charge on any atom is 0.164 e. The molecule has 0 saturated carbocycles. The van der Waals surface area contributed by atoms with Crippen molar-refractivity contribution in [2.75, 3.05) is 0 Å². The van der Waals surface area contributed by atoms with Crippen molar-refractivity contribution in [2.45, 2.75) is 52.4 Å². The van der Waals surface area contributed by atoms with Gasteiger partial charge in [0, 0.05) is 29.1 Å². The summed E-state index contributed by atoms with van der Waals surface area (Å²) in [6.07, 6.45) is 3.67. The minimum absolute atomic E-state index is 0.0415. The molecule has 0 aliphatic rings. The zero-order chi connectivity index (χ0) is 34.9. The highest BCUT2D eigenvalue weighted by molar-refractivity contribution is 5.82. The van der Waals surface area contributed by atoms with Gasteiger partial charge < -0.3 is 0 Å². The first-order valence-corrected chi connectivity index (χ1v) is 17.2. The summed E-state index contributed by atoms with van der Waals surface area (Å²) in [4.78, 5) is 19.6. The molecule has 2 heterocycles. The van der Waals surface area contributed by atoms with E-state index in [1.807, 2.05) is 24.4 Å². The zero-order valence-corrected chi connectivity index (χ0v) is 29.6. The van der Waals surface area contributed by atoms with E-state index in [1.165, 1.54) is 22.3 Å². The van der Waals surface area contributed by atoms with E-state index in [0.717, 1.165) is 38.9 Å². The molecule has 7 rings (SSSR count). The fourth-order valence-corrected chi connectivity index (χ4v) is 6.12. The molecule has 0 aliphatic heterocycles. The van der Waals surface area contributed by atoms with Crippen LogP contribution in [0.2, 0.25) is 0 Å². The third-order valence-electron chi connectivity index (χ3n) is 9.17. The van der Waals surface area contributed by atoms with Crippen molar-refractivity contribution >= 4 is 0 Å². The third-order valence-corrected chi connectivity index (χ3v) is 9.17. The largest absolute Gasteiger partial charge is 0.264 e. The molecule has 4 nitrogen and oxygen atoms in total. The van der Waals surface area contributed by atoms with E-state index in [4.69, 9.17) is 15.0 Å². The quantitative estimate of drug-likeness (QED) is 0.180. The Morgan fingerprint density at radius 2 is 0.820 bits per heavy atom. The van der Waals surface area contributed by atoms with E-state index in [9.17, 15) is 0 Å². The average Bonchev–Trinajstić information content (AvgIpc) is 3.14. The number of pyridine rings is 1. The summed E-state index contributed by atoms with van der Waals surface area (Å²) >= 11 is 0. The van der Waals surface area contributed by atoms with Gasteiger partial charge in [-0.25, -0.2) is 15.0 Å². The van der Waals surface area contributed by atoms with Gasteiger partial charge in [-0.1, -0.05) is 169 Å². The van der Waals surface area contributed by atoms with E-state index in [-0.39, 0.29) is 10.8 Å². The Balaban J connectivity index is 1.34. The highest BCUT2D eigenvalue weighted by atomic mass is 15.0. The molecule has 0 radical (unpaired) electrons. The van der Waals surface area contributed by atoms with Crippen molar-refractivity contribution in [3.05, 3.63) is 157 Å². The molecule has 50 heavy (non-hydrogen) atoms. The lowest BCUT2D eigenvalue weighted by molar-refractivity contribution is 0.569. The van der Waals surface area contributed by atoms with Gasteiger partial charge in [-0.3, -0.25) is 4.98 Å². The zero-order valence-electron chi connectivity index (χ0n) is 29.6. The number of rotatable bonds is 6. The standard InChI is InChI=1S/C46H42N4/c1-45(2,3)38-27-37(28-39(29-38)46(4,5)6)32-20-24-35(25-21-32)43-48-42(34-22-18-31(19-23-34)36-15-12-26-47-30-36)49-44(50-43)41-17-11-10-16-40(41)33-13-8-7-9-14-33/h7-30H,1-6H3. The molecule has 5 aromatic carbocycles. The van der Waals surface area contributed by atoms with Crippen LogP contribution in [0.15, 0.2) is 146 Å². The molecule has 7 aromatic rings. The minimum Gasteiger partial charge on any atom is -0.264 e. The van der Waals surface area contributed by atoms with Crippen LogP contribution in [0.5, 0.6) is 0 Å². The normalized spacial score (nSPS) is 11.8. The van der Waals surface area contributed by atoms with Crippen molar-refractivity contribution in [1.29, 1.82) is 0 Å². The van der Waals surface area contributed by atoms with Crippen LogP contribution >= 0.6 is 0 Å². The van der Waals surface area contributed by atoms with Crippen LogP contribution in [0, 0.1) is 0 Å². The van der Waals surface area contributed by atoms with Gasteiger partial charge in [0.1, 0.15) is 0 Å². The van der Waals surface area contributed by atoms with Crippen LogP contribution in [0.4, 0.5) is 0 Å². The van der Waals surface area contributed by atoms with Crippen molar-refractivity contribution in [2.24, 2.45) is 0 Å². The van der Waals surface area contributed by atoms with E-state index in [1.54, 1.807) is 6.20 Å². The fraction of sp³-hybridized carbons (Fsp3) is 0.174. The molecule has 0 aliphatic carbocycles. The van der Waals surface area contributed by atoms with Crippen molar-refractivity contribution < 1.29 is 0 Å². The Labute approximate surface area is 296 Å². The fourth-order valence-electron chi connectivity index (χ4n) is 6.12. The van der Waals surface area contributed by atoms with Crippen LogP contribution in [0.3, 0.4) is 0 Å². The second-order valence-electron chi connectivity index (χ2n) is 14.9. The van der Waals surface area contributed by atoms with Gasteiger partial charge in [0.2, 0.25) is 0 Å². The first-order valence-electron chi connectivity index (χ1n) is 17.2. The molecule has 2 aromatic heterocycles. The molecule has 0 saturated heterocycles. The first-order chi connectivity index (χ1) is 24.0. The maximum absolute atomic E-state index is 5.12. The van der Waals surface area contributed by atoms with E-state index >= 15 is 0 Å². The van der Waals surface area contributed by atoms with Gasteiger partial charge >= 0.3 is 0 Å². The summed E-state index contributed by atoms with van der Waals surface area (Å²) in [7, 11) is 0. The molecule has 0 spiro atoms. The highest BCUT2D eigenvalue weighted by Crippen LogP contribution is 2.36. The summed E-state index contributed by atoms with van der Waals surface area (Å²) in [5.74, 6) is 1.90. The lowest BCUT2D eigenvalue weighted by Gasteiger charge is -2.26. The molecular formula is C46H42N4. The van der Waals surface area contributed by atoms with Crippen LogP contribution in [0.25, 0.3) is 67.5 Å². The summed E-state index contributed by atoms with van der Waals surface area (Å²) in [5.41, 5.74) is 12.3. The van der Waals surface area contributed by atoms with Gasteiger partial charge in [-0.05, 0) is 61.4 Å². The Kier molecular flexibility index (Phi) is 8.71. The highest BCUT2D eigenvalue weighted by Gasteiger charge is 2.21. The molecule has 246 valence electrons. The molecule has 4 heteroatoms. The predicted molar refractivity (Wildman–Crippen MR) is 208 cm³/mol. The molecule has 0 amide bonds. The number of hydrogen-bond donors (Lipinski definition) is 0. The molecule has 0 atom stereocenters. The Morgan fingerprint density at radius 1 is 0.360 bits per heavy atom. The van der Waals surface area contributed by atoms with Gasteiger partial charge in [0.05, 0.1) is 0 Å². The SMILES string of the molecule is CC(C)(C)c1cc(-c2ccc(-c3nc(-c4ccc(-c5cccnc5)cc4)nc(-c4ccccc4-c4ccccc4)n3)cc2)cc(C(C)(C)C)c1. The summed E-state index contributed by atoms with van der Waals surface area (Å²) < 4.78 is 0. The van der Waals surface area contributed by atoms with Crippen LogP contribution in [-0.2, 0) is 10.8 Å². The van der Waals surface area contributed by atoms with Crippen LogP contribution < -0.4 is 0 Å². The number of aromatic nitrogens is 4. The Bertz CT molecular complexity index is 2210. The smallest absolute Gasteiger partial charge is 0.164 e. The van der Waals surface area contributed by atoms with Crippen LogP contribution in [0.1, 0.15) is 52.7 Å². The molecule has 0 unspecified atom stereocenters. The van der Waals surface area contributed by atoms with Crippen molar-refractivity contribution in [3.8, 4) is 67.5 Å². The molecule has 0 bridgehead atoms.